The van der Waals surface area contributed by atoms with Crippen molar-refractivity contribution in [2.75, 3.05) is 5.32 Å². The fourth-order valence-electron chi connectivity index (χ4n) is 3.72. The van der Waals surface area contributed by atoms with Crippen LogP contribution in [0.1, 0.15) is 34.1 Å². The highest BCUT2D eigenvalue weighted by Crippen LogP contribution is 2.44. The highest BCUT2D eigenvalue weighted by atomic mass is 19.4. The van der Waals surface area contributed by atoms with Crippen molar-refractivity contribution in [2.24, 2.45) is 0 Å². The number of hydrogen-bond acceptors (Lipinski definition) is 5. The van der Waals surface area contributed by atoms with E-state index in [2.05, 4.69) is 15.4 Å². The molecule has 2 aromatic heterocycles. The van der Waals surface area contributed by atoms with Crippen LogP contribution in [0.25, 0.3) is 17.5 Å². The van der Waals surface area contributed by atoms with Crippen LogP contribution >= 0.6 is 0 Å². The Labute approximate surface area is 201 Å². The lowest BCUT2D eigenvalue weighted by atomic mass is 10.00. The number of aromatic nitrogens is 3. The number of hydrogen-bond donors (Lipinski definition) is 2. The minimum Gasteiger partial charge on any atom is -0.370 e. The summed E-state index contributed by atoms with van der Waals surface area (Å²) in [6.07, 6.45) is -12.3. The van der Waals surface area contributed by atoms with Crippen molar-refractivity contribution in [2.45, 2.75) is 24.6 Å². The number of alkyl halides is 9. The molecule has 2 N–H and O–H groups in total. The van der Waals surface area contributed by atoms with Gasteiger partial charge in [0.05, 0.1) is 11.9 Å². The third-order valence-electron chi connectivity index (χ3n) is 5.23. The number of rotatable bonds is 4. The average Bonchev–Trinajstić information content (AvgIpc) is 3.25. The summed E-state index contributed by atoms with van der Waals surface area (Å²) in [6, 6.07) is 1.71. The van der Waals surface area contributed by atoms with Gasteiger partial charge in [0, 0.05) is 34.8 Å². The van der Waals surface area contributed by atoms with Crippen molar-refractivity contribution in [3.8, 4) is 5.69 Å². The molecule has 0 saturated heterocycles. The van der Waals surface area contributed by atoms with Gasteiger partial charge in [-0.3, -0.25) is 4.98 Å². The van der Waals surface area contributed by atoms with Gasteiger partial charge in [-0.05, 0) is 24.3 Å². The van der Waals surface area contributed by atoms with E-state index in [9.17, 15) is 44.3 Å². The van der Waals surface area contributed by atoms with Crippen LogP contribution in [0.3, 0.4) is 0 Å². The lowest BCUT2D eigenvalue weighted by Crippen LogP contribution is -2.30. The topological polar surface area (TPSA) is 71.8 Å². The first-order valence-electron chi connectivity index (χ1n) is 10.1. The Balaban J connectivity index is 1.89. The Kier molecular flexibility index (Phi) is 6.28. The molecule has 0 spiro atoms. The summed E-state index contributed by atoms with van der Waals surface area (Å²) in [5.41, 5.74) is -5.75. The maximum absolute atomic E-state index is 14.2. The number of carbonyl (C=O) groups excluding carboxylic acids is 1. The van der Waals surface area contributed by atoms with Gasteiger partial charge >= 0.3 is 18.5 Å². The molecule has 0 fully saturated rings. The van der Waals surface area contributed by atoms with E-state index >= 15 is 0 Å². The molecule has 0 radical (unpaired) electrons. The lowest BCUT2D eigenvalue weighted by molar-refractivity contribution is -0.154. The van der Waals surface area contributed by atoms with E-state index in [-0.39, 0.29) is 33.3 Å². The summed E-state index contributed by atoms with van der Waals surface area (Å²) < 4.78 is 124. The summed E-state index contributed by atoms with van der Waals surface area (Å²) in [7, 11) is 0. The second-order valence-corrected chi connectivity index (χ2v) is 7.60. The number of halogens is 9. The zero-order valence-corrected chi connectivity index (χ0v) is 17.9. The maximum Gasteiger partial charge on any atom is 0.433 e. The zero-order chi connectivity index (χ0) is 27.2. The lowest BCUT2D eigenvalue weighted by Gasteiger charge is -2.25. The number of nitrogens with one attached hydrogen (secondary N) is 2. The Morgan fingerprint density at radius 2 is 1.73 bits per heavy atom. The normalized spacial score (nSPS) is 14.6. The van der Waals surface area contributed by atoms with E-state index in [1.165, 1.54) is 24.4 Å². The SMILES string of the molecule is O=C=C1NC=Cc2c1cccc2-n1ncc(C(Nc2ccnc(C(F)(F)F)c2)C(F)(F)F)c1C(F)(F)F. The molecule has 3 heterocycles. The van der Waals surface area contributed by atoms with Crippen LogP contribution in [0.15, 0.2) is 48.9 Å². The van der Waals surface area contributed by atoms with E-state index < -0.39 is 47.2 Å². The predicted molar refractivity (Wildman–Crippen MR) is 111 cm³/mol. The Morgan fingerprint density at radius 3 is 2.35 bits per heavy atom. The summed E-state index contributed by atoms with van der Waals surface area (Å²) >= 11 is 0. The first-order chi connectivity index (χ1) is 17.2. The molecule has 4 rings (SSSR count). The molecule has 1 aliphatic rings. The van der Waals surface area contributed by atoms with Crippen molar-refractivity contribution in [1.82, 2.24) is 20.1 Å². The number of anilines is 1. The Hall–Kier alpha value is -4.26. The van der Waals surface area contributed by atoms with E-state index in [0.717, 1.165) is 12.1 Å². The van der Waals surface area contributed by atoms with Gasteiger partial charge in [-0.15, -0.1) is 0 Å². The number of fused-ring (bicyclic) bond motifs is 1. The second kappa shape index (κ2) is 9.00. The molecule has 194 valence electrons. The number of benzene rings is 1. The Bertz CT molecular complexity index is 1410. The van der Waals surface area contributed by atoms with Gasteiger partial charge in [-0.1, -0.05) is 12.1 Å². The van der Waals surface area contributed by atoms with Crippen LogP contribution in [0, 0.1) is 0 Å². The van der Waals surface area contributed by atoms with E-state index in [4.69, 9.17) is 0 Å². The number of nitrogens with zero attached hydrogens (tertiary/aromatic N) is 3. The van der Waals surface area contributed by atoms with Crippen molar-refractivity contribution in [3.05, 3.63) is 77.0 Å². The van der Waals surface area contributed by atoms with Crippen LogP contribution in [-0.4, -0.2) is 26.9 Å². The molecular formula is C22H12F9N5O. The first-order valence-corrected chi connectivity index (χ1v) is 10.1. The highest BCUT2D eigenvalue weighted by Gasteiger charge is 2.49. The second-order valence-electron chi connectivity index (χ2n) is 7.60. The predicted octanol–water partition coefficient (Wildman–Crippen LogP) is 5.77. The summed E-state index contributed by atoms with van der Waals surface area (Å²) in [5.74, 6) is 1.58. The Morgan fingerprint density at radius 1 is 1.00 bits per heavy atom. The summed E-state index contributed by atoms with van der Waals surface area (Å²) in [6.45, 7) is 0. The standard InChI is InChI=1S/C22H12F9N5O/c23-20(24,25)17-8-11(4-6-33-17)35-18(21(26,27)28)14-9-34-36(19(14)22(29,30)31)16-3-1-2-12-13(16)5-7-32-15(12)10-37/h1-9,18,32H,(H,33,35). The molecule has 15 heteroatoms. The van der Waals surface area contributed by atoms with Gasteiger partial charge in [0.25, 0.3) is 0 Å². The van der Waals surface area contributed by atoms with Crippen molar-refractivity contribution >= 4 is 23.4 Å². The van der Waals surface area contributed by atoms with Crippen molar-refractivity contribution in [1.29, 1.82) is 0 Å². The van der Waals surface area contributed by atoms with Crippen LogP contribution in [-0.2, 0) is 17.1 Å². The monoisotopic (exact) mass is 533 g/mol. The van der Waals surface area contributed by atoms with Crippen molar-refractivity contribution < 1.29 is 44.3 Å². The minimum absolute atomic E-state index is 0.0419. The molecule has 1 unspecified atom stereocenters. The maximum atomic E-state index is 14.2. The van der Waals surface area contributed by atoms with Crippen molar-refractivity contribution in [3.63, 3.8) is 0 Å². The molecule has 0 saturated carbocycles. The molecule has 6 nitrogen and oxygen atoms in total. The quantitative estimate of drug-likeness (QED) is 0.330. The molecule has 0 bridgehead atoms. The summed E-state index contributed by atoms with van der Waals surface area (Å²) in [4.78, 5) is 14.2. The third-order valence-corrected chi connectivity index (χ3v) is 5.23. The molecule has 0 amide bonds. The van der Waals surface area contributed by atoms with Gasteiger partial charge in [0.1, 0.15) is 11.4 Å². The van der Waals surface area contributed by atoms with E-state index in [1.54, 1.807) is 11.3 Å². The molecule has 1 aromatic carbocycles. The van der Waals surface area contributed by atoms with Gasteiger partial charge in [-0.2, -0.15) is 44.6 Å². The highest BCUT2D eigenvalue weighted by molar-refractivity contribution is 5.93. The third kappa shape index (κ3) is 5.03. The molecule has 3 aromatic rings. The largest absolute Gasteiger partial charge is 0.433 e. The molecule has 1 aliphatic heterocycles. The number of pyridine rings is 1. The molecular weight excluding hydrogens is 521 g/mol. The van der Waals surface area contributed by atoms with Gasteiger partial charge in [0.2, 0.25) is 0 Å². The van der Waals surface area contributed by atoms with Gasteiger partial charge in [-0.25, -0.2) is 9.48 Å². The van der Waals surface area contributed by atoms with E-state index in [0.29, 0.717) is 12.4 Å². The average molecular weight is 533 g/mol. The smallest absolute Gasteiger partial charge is 0.370 e. The van der Waals surface area contributed by atoms with Crippen LogP contribution in [0.5, 0.6) is 0 Å². The van der Waals surface area contributed by atoms with Gasteiger partial charge < -0.3 is 10.6 Å². The zero-order valence-electron chi connectivity index (χ0n) is 17.9. The van der Waals surface area contributed by atoms with Crippen LogP contribution < -0.4 is 10.6 Å². The molecule has 0 aliphatic carbocycles. The molecule has 1 atom stereocenters. The molecule has 37 heavy (non-hydrogen) atoms. The summed E-state index contributed by atoms with van der Waals surface area (Å²) in [5, 5.41) is 7.80. The fourth-order valence-corrected chi connectivity index (χ4v) is 3.72. The van der Waals surface area contributed by atoms with Gasteiger partial charge in [0.15, 0.2) is 17.7 Å². The van der Waals surface area contributed by atoms with Crippen LogP contribution in [0.2, 0.25) is 0 Å². The van der Waals surface area contributed by atoms with Crippen LogP contribution in [0.4, 0.5) is 45.2 Å². The first kappa shape index (κ1) is 25.8. The van der Waals surface area contributed by atoms with E-state index in [1.807, 2.05) is 0 Å². The fraction of sp³-hybridized carbons (Fsp3) is 0.182. The minimum atomic E-state index is -5.39.